The van der Waals surface area contributed by atoms with Gasteiger partial charge in [0.1, 0.15) is 0 Å². The van der Waals surface area contributed by atoms with Crippen LogP contribution in [0, 0.1) is 17.3 Å². The van der Waals surface area contributed by atoms with E-state index in [1.54, 1.807) is 0 Å². The molecule has 3 fully saturated rings. The molecule has 0 N–H and O–H groups in total. The molecule has 0 heterocycles. The molecule has 0 aromatic carbocycles. The van der Waals surface area contributed by atoms with Gasteiger partial charge in [0.2, 0.25) is 0 Å². The smallest absolute Gasteiger partial charge is 0.0287 e. The normalized spacial score (nSPS) is 52.0. The summed E-state index contributed by atoms with van der Waals surface area (Å²) in [5.74, 6) is 2.08. The van der Waals surface area contributed by atoms with E-state index in [4.69, 9.17) is 0 Å². The van der Waals surface area contributed by atoms with Crippen molar-refractivity contribution < 1.29 is 0 Å². The second-order valence-corrected chi connectivity index (χ2v) is 6.30. The lowest BCUT2D eigenvalue weighted by Crippen LogP contribution is -2.56. The quantitative estimate of drug-likeness (QED) is 0.667. The van der Waals surface area contributed by atoms with E-state index in [1.807, 2.05) is 0 Å². The van der Waals surface area contributed by atoms with Crippen molar-refractivity contribution in [1.29, 1.82) is 0 Å². The number of hydrogen-bond acceptors (Lipinski definition) is 1. The summed E-state index contributed by atoms with van der Waals surface area (Å²) in [5, 5.41) is 0. The first-order valence-electron chi connectivity index (χ1n) is 6.29. The van der Waals surface area contributed by atoms with Gasteiger partial charge in [-0.2, -0.15) is 0 Å². The van der Waals surface area contributed by atoms with Crippen molar-refractivity contribution in [2.24, 2.45) is 17.3 Å². The monoisotopic (exact) mass is 229 g/mol. The summed E-state index contributed by atoms with van der Waals surface area (Å²) >= 11 is 0. The van der Waals surface area contributed by atoms with E-state index in [9.17, 15) is 0 Å². The fourth-order valence-electron chi connectivity index (χ4n) is 5.55. The first-order chi connectivity index (χ1) is 6.61. The fraction of sp³-hybridized carbons (Fsp3) is 1.00. The molecule has 0 unspecified atom stereocenters. The van der Waals surface area contributed by atoms with Gasteiger partial charge in [0.15, 0.2) is 0 Å². The number of hydrogen-bond donors (Lipinski definition) is 0. The summed E-state index contributed by atoms with van der Waals surface area (Å²) in [5.41, 5.74) is 1.26. The summed E-state index contributed by atoms with van der Waals surface area (Å²) in [6.45, 7) is 2.59. The molecule has 3 aliphatic carbocycles. The molecule has 0 aromatic heterocycles. The van der Waals surface area contributed by atoms with Crippen molar-refractivity contribution in [2.75, 3.05) is 14.1 Å². The maximum atomic E-state index is 2.59. The summed E-state index contributed by atoms with van der Waals surface area (Å²) in [6.07, 6.45) is 9.01. The standard InChI is InChI=1S/C13H23N.ClH/c1-12-7-4-8-13(12,14(2)3)11-6-5-10(12)9-11;/h10-11H,4-9H2,1-3H3;1H/t10-,11+,12+,13+;/m0./s1. The van der Waals surface area contributed by atoms with Crippen LogP contribution in [0.25, 0.3) is 0 Å². The van der Waals surface area contributed by atoms with Gasteiger partial charge in [0, 0.05) is 5.54 Å². The van der Waals surface area contributed by atoms with Crippen LogP contribution < -0.4 is 0 Å². The van der Waals surface area contributed by atoms with Crippen molar-refractivity contribution in [3.63, 3.8) is 0 Å². The van der Waals surface area contributed by atoms with Gasteiger partial charge in [0.05, 0.1) is 0 Å². The molecule has 3 saturated carbocycles. The highest BCUT2D eigenvalue weighted by Crippen LogP contribution is 2.69. The summed E-state index contributed by atoms with van der Waals surface area (Å²) in [6, 6.07) is 0. The maximum Gasteiger partial charge on any atom is 0.0287 e. The second-order valence-electron chi connectivity index (χ2n) is 6.30. The Morgan fingerprint density at radius 3 is 2.33 bits per heavy atom. The van der Waals surface area contributed by atoms with Crippen LogP contribution in [0.15, 0.2) is 0 Å². The SMILES string of the molecule is CN(C)[C@@]12CCC[C@]1(C)[C@H]1CC[C@@H]2C1.Cl. The van der Waals surface area contributed by atoms with Gasteiger partial charge in [-0.25, -0.2) is 0 Å². The van der Waals surface area contributed by atoms with Crippen molar-refractivity contribution in [3.8, 4) is 0 Å². The van der Waals surface area contributed by atoms with Gasteiger partial charge in [0.25, 0.3) is 0 Å². The lowest BCUT2D eigenvalue weighted by molar-refractivity contribution is -0.0158. The zero-order chi connectivity index (χ0) is 9.97. The Morgan fingerprint density at radius 1 is 1.07 bits per heavy atom. The Bertz CT molecular complexity index is 265. The van der Waals surface area contributed by atoms with Gasteiger partial charge < -0.3 is 4.90 Å². The molecule has 0 radical (unpaired) electrons. The zero-order valence-corrected chi connectivity index (χ0v) is 11.1. The van der Waals surface area contributed by atoms with Crippen LogP contribution in [0.5, 0.6) is 0 Å². The van der Waals surface area contributed by atoms with Crippen LogP contribution in [0.4, 0.5) is 0 Å². The average molecular weight is 230 g/mol. The van der Waals surface area contributed by atoms with Crippen LogP contribution in [-0.4, -0.2) is 24.5 Å². The van der Waals surface area contributed by atoms with Crippen molar-refractivity contribution in [2.45, 2.75) is 51.0 Å². The topological polar surface area (TPSA) is 3.24 Å². The highest BCUT2D eigenvalue weighted by molar-refractivity contribution is 5.85. The molecule has 15 heavy (non-hydrogen) atoms. The highest BCUT2D eigenvalue weighted by atomic mass is 35.5. The van der Waals surface area contributed by atoms with Crippen LogP contribution >= 0.6 is 12.4 Å². The maximum absolute atomic E-state index is 2.59. The molecule has 0 aromatic rings. The highest BCUT2D eigenvalue weighted by Gasteiger charge is 2.67. The van der Waals surface area contributed by atoms with E-state index in [0.717, 1.165) is 11.8 Å². The first-order valence-corrected chi connectivity index (χ1v) is 6.29. The Hall–Kier alpha value is 0.250. The van der Waals surface area contributed by atoms with Gasteiger partial charge in [-0.3, -0.25) is 0 Å². The molecule has 0 aliphatic heterocycles. The number of halogens is 1. The van der Waals surface area contributed by atoms with Crippen LogP contribution in [-0.2, 0) is 0 Å². The lowest BCUT2D eigenvalue weighted by atomic mass is 9.63. The fourth-order valence-corrected chi connectivity index (χ4v) is 5.55. The van der Waals surface area contributed by atoms with Crippen LogP contribution in [0.3, 0.4) is 0 Å². The number of fused-ring (bicyclic) bond motifs is 5. The molecule has 1 nitrogen and oxygen atoms in total. The van der Waals surface area contributed by atoms with Crippen LogP contribution in [0.1, 0.15) is 45.4 Å². The molecule has 0 spiro atoms. The Labute approximate surface area is 100 Å². The molecule has 4 atom stereocenters. The average Bonchev–Trinajstić information content (AvgIpc) is 2.71. The van der Waals surface area contributed by atoms with Gasteiger partial charge in [-0.15, -0.1) is 12.4 Å². The van der Waals surface area contributed by atoms with Gasteiger partial charge in [-0.05, 0) is 63.5 Å². The first kappa shape index (κ1) is 11.7. The number of rotatable bonds is 1. The van der Waals surface area contributed by atoms with E-state index >= 15 is 0 Å². The molecule has 2 heteroatoms. The predicted molar refractivity (Wildman–Crippen MR) is 66.5 cm³/mol. The largest absolute Gasteiger partial charge is 0.303 e. The van der Waals surface area contributed by atoms with Gasteiger partial charge in [-0.1, -0.05) is 13.3 Å². The van der Waals surface area contributed by atoms with Crippen molar-refractivity contribution in [1.82, 2.24) is 4.90 Å². The second kappa shape index (κ2) is 3.37. The van der Waals surface area contributed by atoms with E-state index < -0.39 is 0 Å². The Morgan fingerprint density at radius 2 is 1.73 bits per heavy atom. The molecule has 3 aliphatic rings. The summed E-state index contributed by atoms with van der Waals surface area (Å²) in [7, 11) is 4.65. The van der Waals surface area contributed by atoms with Crippen LogP contribution in [0.2, 0.25) is 0 Å². The zero-order valence-electron chi connectivity index (χ0n) is 10.3. The minimum Gasteiger partial charge on any atom is -0.303 e. The molecule has 2 bridgehead atoms. The Balaban J connectivity index is 0.000000853. The summed E-state index contributed by atoms with van der Waals surface area (Å²) in [4.78, 5) is 2.59. The molecule has 88 valence electrons. The van der Waals surface area contributed by atoms with E-state index in [1.165, 1.54) is 38.5 Å². The molecule has 0 saturated heterocycles. The summed E-state index contributed by atoms with van der Waals surface area (Å²) < 4.78 is 0. The molecule has 3 rings (SSSR count). The minimum absolute atomic E-state index is 0. The van der Waals surface area contributed by atoms with E-state index in [2.05, 4.69) is 25.9 Å². The third kappa shape index (κ3) is 1.09. The third-order valence-electron chi connectivity index (χ3n) is 6.05. The molecule has 0 amide bonds. The molecular weight excluding hydrogens is 206 g/mol. The van der Waals surface area contributed by atoms with Gasteiger partial charge >= 0.3 is 0 Å². The van der Waals surface area contributed by atoms with Crippen molar-refractivity contribution in [3.05, 3.63) is 0 Å². The molecular formula is C13H24ClN. The van der Waals surface area contributed by atoms with Crippen molar-refractivity contribution >= 4 is 12.4 Å². The lowest BCUT2D eigenvalue weighted by Gasteiger charge is -2.51. The predicted octanol–water partition coefficient (Wildman–Crippen LogP) is 3.33. The number of nitrogens with zero attached hydrogens (tertiary/aromatic N) is 1. The minimum atomic E-state index is 0. The van der Waals surface area contributed by atoms with E-state index in [0.29, 0.717) is 11.0 Å². The Kier molecular flexibility index (Phi) is 2.63. The van der Waals surface area contributed by atoms with E-state index in [-0.39, 0.29) is 12.4 Å². The third-order valence-corrected chi connectivity index (χ3v) is 6.05.